The highest BCUT2D eigenvalue weighted by Crippen LogP contribution is 1.45. The maximum absolute atomic E-state index is 2.94. The molecule has 0 bridgehead atoms. The van der Waals surface area contributed by atoms with E-state index in [-0.39, 0.29) is 9.41 Å². The molecule has 0 radical (unpaired) electrons. The lowest BCUT2D eigenvalue weighted by Gasteiger charge is -1.05. The largest absolute Gasteiger partial charge is 0.269 e. The summed E-state index contributed by atoms with van der Waals surface area (Å²) in [6.07, 6.45) is 0. The van der Waals surface area contributed by atoms with E-state index in [4.69, 9.17) is 0 Å². The van der Waals surface area contributed by atoms with Crippen LogP contribution in [0, 0.1) is 0 Å². The molecule has 0 amide bonds. The zero-order chi connectivity index (χ0) is 2.00. The molecule has 0 fully saturated rings. The maximum Gasteiger partial charge on any atom is -0.00848 e. The summed E-state index contributed by atoms with van der Waals surface area (Å²) < 4.78 is 0. The summed E-state index contributed by atoms with van der Waals surface area (Å²) >= 11 is 2.94. The van der Waals surface area contributed by atoms with E-state index in [2.05, 4.69) is 15.9 Å². The Morgan fingerprint density at radius 3 is 1.00 bits per heavy atom. The molecule has 4 heavy (non-hydrogen) atoms. The van der Waals surface area contributed by atoms with E-state index < -0.39 is 0 Å². The monoisotopic (exact) mass is 134 g/mol. The summed E-state index contributed by atoms with van der Waals surface area (Å²) in [6.45, 7) is 0. The van der Waals surface area contributed by atoms with Crippen molar-refractivity contribution in [2.45, 2.75) is 0 Å². The highest BCUT2D eigenvalue weighted by Gasteiger charge is 0.948. The number of halogens is 3. The van der Waals surface area contributed by atoms with E-state index in [1.165, 1.54) is 0 Å². The summed E-state index contributed by atoms with van der Waals surface area (Å²) in [7, 11) is 0. The van der Waals surface area contributed by atoms with Gasteiger partial charge in [0, 0.05) is 0 Å². The molecule has 3 heteroatoms. The second kappa shape index (κ2) is 158. The van der Waals surface area contributed by atoms with Crippen molar-refractivity contribution in [3.8, 4) is 0 Å². The van der Waals surface area contributed by atoms with E-state index >= 15 is 0 Å². The summed E-state index contributed by atoms with van der Waals surface area (Å²) in [5.74, 6) is 1.81. The summed E-state index contributed by atoms with van der Waals surface area (Å²) in [5.41, 5.74) is 0. The van der Waals surface area contributed by atoms with Gasteiger partial charge in [0.15, 0.2) is 0 Å². The standard InChI is InChI=1S/CH3Br.2FH/c1-2;;/h1H3;2*1H. The van der Waals surface area contributed by atoms with E-state index in [1.807, 2.05) is 5.83 Å². The molecule has 0 saturated heterocycles. The quantitative estimate of drug-likeness (QED) is 0.439. The van der Waals surface area contributed by atoms with Gasteiger partial charge in [0.2, 0.25) is 0 Å². The van der Waals surface area contributed by atoms with Crippen molar-refractivity contribution < 1.29 is 9.41 Å². The number of hydrogen-bond donors (Lipinski definition) is 0. The highest BCUT2D eigenvalue weighted by atomic mass is 79.9. The molecule has 0 unspecified atom stereocenters. The second-order valence-electron chi connectivity index (χ2n) is 0. The van der Waals surface area contributed by atoms with Crippen molar-refractivity contribution in [3.63, 3.8) is 0 Å². The average Bonchev–Trinajstić information content (AvgIpc) is 1.00. The Bertz CT molecular complexity index is 6.00. The number of hydrogen-bond acceptors (Lipinski definition) is 0. The fourth-order valence-corrected chi connectivity index (χ4v) is 0. The van der Waals surface area contributed by atoms with Crippen LogP contribution in [0.15, 0.2) is 0 Å². The van der Waals surface area contributed by atoms with Gasteiger partial charge in [-0.3, -0.25) is 9.41 Å². The minimum absolute atomic E-state index is 0. The fraction of sp³-hybridized carbons (Fsp3) is 1.00. The predicted octanol–water partition coefficient (Wildman–Crippen LogP) is 1.32. The third-order valence-corrected chi connectivity index (χ3v) is 0. The number of alkyl halides is 1. The average molecular weight is 135 g/mol. The Morgan fingerprint density at radius 1 is 1.00 bits per heavy atom. The van der Waals surface area contributed by atoms with Gasteiger partial charge in [-0.25, -0.2) is 0 Å². The minimum atomic E-state index is 0. The first kappa shape index (κ1) is 27.0. The molecule has 0 aliphatic carbocycles. The predicted molar refractivity (Wildman–Crippen MR) is 19.9 cm³/mol. The van der Waals surface area contributed by atoms with E-state index in [0.717, 1.165) is 0 Å². The molecule has 0 aliphatic heterocycles. The van der Waals surface area contributed by atoms with Crippen LogP contribution in [0.1, 0.15) is 0 Å². The van der Waals surface area contributed by atoms with Crippen molar-refractivity contribution in [1.82, 2.24) is 0 Å². The Hall–Kier alpha value is 0.340. The second-order valence-corrected chi connectivity index (χ2v) is 0. The smallest absolute Gasteiger partial charge is 0.00848 e. The van der Waals surface area contributed by atoms with Crippen LogP contribution in [0.4, 0.5) is 9.41 Å². The topological polar surface area (TPSA) is 0 Å². The molecule has 0 aromatic heterocycles. The van der Waals surface area contributed by atoms with Gasteiger partial charge in [0.25, 0.3) is 0 Å². The third-order valence-electron chi connectivity index (χ3n) is 0. The lowest BCUT2D eigenvalue weighted by Crippen LogP contribution is -0.808. The zero-order valence-electron chi connectivity index (χ0n) is 2.19. The molecule has 0 saturated carbocycles. The first-order valence-electron chi connectivity index (χ1n) is 0.378. The molecular weight excluding hydrogens is 130 g/mol. The van der Waals surface area contributed by atoms with Gasteiger partial charge < -0.3 is 0 Å². The van der Waals surface area contributed by atoms with Gasteiger partial charge in [0.05, 0.1) is 0 Å². The molecule has 0 spiro atoms. The van der Waals surface area contributed by atoms with Gasteiger partial charge in [-0.2, -0.15) is 0 Å². The first-order valence-corrected chi connectivity index (χ1v) is 1.96. The molecule has 0 aliphatic rings. The van der Waals surface area contributed by atoms with Gasteiger partial charge in [-0.05, 0) is 5.83 Å². The van der Waals surface area contributed by atoms with Gasteiger partial charge in [-0.15, -0.1) is 0 Å². The van der Waals surface area contributed by atoms with Crippen LogP contribution in [0.5, 0.6) is 0 Å². The minimum Gasteiger partial charge on any atom is -0.269 e. The molecule has 0 N–H and O–H groups in total. The lowest BCUT2D eigenvalue weighted by molar-refractivity contribution is 1.11. The zero-order valence-corrected chi connectivity index (χ0v) is 3.78. The highest BCUT2D eigenvalue weighted by molar-refractivity contribution is 9.08. The van der Waals surface area contributed by atoms with Crippen molar-refractivity contribution in [1.29, 1.82) is 0 Å². The molecule has 0 rings (SSSR count). The SMILES string of the molecule is CBr.F.F. The van der Waals surface area contributed by atoms with Gasteiger partial charge in [-0.1, -0.05) is 15.9 Å². The molecule has 0 aromatic rings. The third kappa shape index (κ3) is 36.3. The van der Waals surface area contributed by atoms with Crippen LogP contribution < -0.4 is 0 Å². The van der Waals surface area contributed by atoms with Crippen molar-refractivity contribution in [2.75, 3.05) is 5.83 Å². The molecular formula is CH5BrF2. The molecule has 0 nitrogen and oxygen atoms in total. The van der Waals surface area contributed by atoms with Crippen LogP contribution in [0.25, 0.3) is 0 Å². The van der Waals surface area contributed by atoms with Gasteiger partial charge >= 0.3 is 0 Å². The van der Waals surface area contributed by atoms with E-state index in [9.17, 15) is 0 Å². The van der Waals surface area contributed by atoms with Crippen molar-refractivity contribution in [3.05, 3.63) is 0 Å². The van der Waals surface area contributed by atoms with Crippen LogP contribution in [-0.2, 0) is 0 Å². The number of rotatable bonds is 0. The van der Waals surface area contributed by atoms with Crippen LogP contribution >= 0.6 is 15.9 Å². The first-order chi connectivity index (χ1) is 1.00. The van der Waals surface area contributed by atoms with Crippen LogP contribution in [-0.4, -0.2) is 5.83 Å². The Morgan fingerprint density at radius 2 is 1.00 bits per heavy atom. The molecule has 30 valence electrons. The fourth-order valence-electron chi connectivity index (χ4n) is 0. The Labute approximate surface area is 32.1 Å². The van der Waals surface area contributed by atoms with Crippen molar-refractivity contribution in [2.24, 2.45) is 0 Å². The summed E-state index contributed by atoms with van der Waals surface area (Å²) in [6, 6.07) is 0. The van der Waals surface area contributed by atoms with Crippen LogP contribution in [0.2, 0.25) is 0 Å². The lowest BCUT2D eigenvalue weighted by atomic mass is 12.0. The maximum atomic E-state index is 2.94. The molecule has 0 heterocycles. The summed E-state index contributed by atoms with van der Waals surface area (Å²) in [5, 5.41) is 0. The van der Waals surface area contributed by atoms with E-state index in [0.29, 0.717) is 0 Å². The van der Waals surface area contributed by atoms with Gasteiger partial charge in [0.1, 0.15) is 0 Å². The molecule has 0 atom stereocenters. The normalized spacial score (nSPS) is 1.50. The van der Waals surface area contributed by atoms with E-state index in [1.54, 1.807) is 0 Å². The van der Waals surface area contributed by atoms with Crippen LogP contribution in [0.3, 0.4) is 0 Å². The summed E-state index contributed by atoms with van der Waals surface area (Å²) in [4.78, 5) is 0. The Kier molecular flexibility index (Phi) is 1070. The molecule has 0 aromatic carbocycles. The van der Waals surface area contributed by atoms with Crippen molar-refractivity contribution >= 4 is 15.9 Å². The Balaban J connectivity index is -0.00000000500.